The maximum Gasteiger partial charge on any atom is 0.395 e. The highest BCUT2D eigenvalue weighted by atomic mass is 19.4. The van der Waals surface area contributed by atoms with Crippen LogP contribution >= 0.6 is 0 Å². The van der Waals surface area contributed by atoms with Crippen LogP contribution in [0.1, 0.15) is 36.6 Å². The van der Waals surface area contributed by atoms with Crippen molar-refractivity contribution >= 4 is 5.97 Å². The van der Waals surface area contributed by atoms with E-state index in [2.05, 4.69) is 9.97 Å². The Morgan fingerprint density at radius 2 is 1.95 bits per heavy atom. The van der Waals surface area contributed by atoms with Gasteiger partial charge in [-0.15, -0.1) is 0 Å². The van der Waals surface area contributed by atoms with Gasteiger partial charge in [0.15, 0.2) is 0 Å². The van der Waals surface area contributed by atoms with E-state index in [9.17, 15) is 18.0 Å². The second-order valence-electron chi connectivity index (χ2n) is 4.92. The molecule has 1 atom stereocenters. The van der Waals surface area contributed by atoms with Gasteiger partial charge in [0, 0.05) is 18.3 Å². The molecule has 0 amide bonds. The van der Waals surface area contributed by atoms with Crippen LogP contribution in [0.25, 0.3) is 0 Å². The molecule has 0 aromatic carbocycles. The first-order valence-corrected chi connectivity index (χ1v) is 5.83. The maximum absolute atomic E-state index is 13.1. The Kier molecular flexibility index (Phi) is 3.24. The molecule has 1 aromatic heterocycles. The number of hydrogen-bond acceptors (Lipinski definition) is 3. The summed E-state index contributed by atoms with van der Waals surface area (Å²) in [7, 11) is 0. The van der Waals surface area contributed by atoms with Crippen molar-refractivity contribution in [1.82, 2.24) is 9.97 Å². The molecule has 104 valence electrons. The molecular weight excluding hydrogens is 261 g/mol. The van der Waals surface area contributed by atoms with Crippen molar-refractivity contribution in [3.8, 4) is 0 Å². The van der Waals surface area contributed by atoms with Crippen LogP contribution in [0, 0.1) is 12.3 Å². The number of carboxylic acid groups (broad SMARTS) is 1. The average Bonchev–Trinajstić information content (AvgIpc) is 3.07. The summed E-state index contributed by atoms with van der Waals surface area (Å²) in [4.78, 5) is 18.6. The molecule has 1 aliphatic carbocycles. The molecule has 19 heavy (non-hydrogen) atoms. The van der Waals surface area contributed by atoms with Gasteiger partial charge in [0.2, 0.25) is 0 Å². The van der Waals surface area contributed by atoms with Crippen molar-refractivity contribution in [3.63, 3.8) is 0 Å². The quantitative estimate of drug-likeness (QED) is 0.916. The lowest BCUT2D eigenvalue weighted by atomic mass is 9.84. The predicted molar refractivity (Wildman–Crippen MR) is 59.5 cm³/mol. The first kappa shape index (κ1) is 13.8. The van der Waals surface area contributed by atoms with Crippen molar-refractivity contribution in [2.75, 3.05) is 0 Å². The zero-order chi connectivity index (χ0) is 14.3. The first-order chi connectivity index (χ1) is 8.76. The molecule has 2 rings (SSSR count). The third-order valence-corrected chi connectivity index (χ3v) is 3.51. The molecule has 1 saturated carbocycles. The molecule has 0 bridgehead atoms. The molecule has 1 aromatic rings. The van der Waals surface area contributed by atoms with E-state index in [4.69, 9.17) is 5.11 Å². The van der Waals surface area contributed by atoms with E-state index in [1.807, 2.05) is 0 Å². The minimum absolute atomic E-state index is 0.0391. The fourth-order valence-corrected chi connectivity index (χ4v) is 2.26. The normalized spacial score (nSPS) is 18.9. The van der Waals surface area contributed by atoms with E-state index in [1.165, 1.54) is 12.4 Å². The monoisotopic (exact) mass is 274 g/mol. The van der Waals surface area contributed by atoms with Gasteiger partial charge >= 0.3 is 12.1 Å². The fraction of sp³-hybridized carbons (Fsp3) is 0.583. The highest BCUT2D eigenvalue weighted by Crippen LogP contribution is 2.65. The number of alkyl halides is 3. The van der Waals surface area contributed by atoms with E-state index >= 15 is 0 Å². The van der Waals surface area contributed by atoms with Crippen molar-refractivity contribution in [2.24, 2.45) is 5.41 Å². The molecule has 1 heterocycles. The van der Waals surface area contributed by atoms with Gasteiger partial charge in [0.1, 0.15) is 5.82 Å². The molecular formula is C12H13F3N2O2. The zero-order valence-electron chi connectivity index (χ0n) is 10.2. The standard InChI is InChI=1S/C12H13F3N2O2/c1-7-5-16-10(17-6-7)8(4-9(18)19)11(2-3-11)12(13,14)15/h5-6,8H,2-4H2,1H3,(H,18,19)/t8-/m1/s1. The molecule has 0 saturated heterocycles. The molecule has 7 heteroatoms. The summed E-state index contributed by atoms with van der Waals surface area (Å²) in [6.45, 7) is 1.71. The van der Waals surface area contributed by atoms with Gasteiger partial charge in [0.05, 0.1) is 11.8 Å². The summed E-state index contributed by atoms with van der Waals surface area (Å²) in [5, 5.41) is 8.83. The third-order valence-electron chi connectivity index (χ3n) is 3.51. The highest BCUT2D eigenvalue weighted by molar-refractivity contribution is 5.68. The number of aliphatic carboxylic acids is 1. The predicted octanol–water partition coefficient (Wildman–Crippen LogP) is 2.69. The number of hydrogen-bond donors (Lipinski definition) is 1. The Balaban J connectivity index is 2.37. The molecule has 0 radical (unpaired) electrons. The van der Waals surface area contributed by atoms with Gasteiger partial charge in [0.25, 0.3) is 0 Å². The van der Waals surface area contributed by atoms with E-state index in [0.717, 1.165) is 5.56 Å². The van der Waals surface area contributed by atoms with E-state index < -0.39 is 29.9 Å². The van der Waals surface area contributed by atoms with Gasteiger partial charge < -0.3 is 5.11 Å². The molecule has 4 nitrogen and oxygen atoms in total. The summed E-state index contributed by atoms with van der Waals surface area (Å²) < 4.78 is 39.3. The van der Waals surface area contributed by atoms with Crippen molar-refractivity contribution in [1.29, 1.82) is 0 Å². The van der Waals surface area contributed by atoms with Crippen LogP contribution in [0.4, 0.5) is 13.2 Å². The zero-order valence-corrected chi connectivity index (χ0v) is 10.2. The van der Waals surface area contributed by atoms with E-state index in [0.29, 0.717) is 0 Å². The minimum Gasteiger partial charge on any atom is -0.481 e. The molecule has 0 spiro atoms. The summed E-state index contributed by atoms with van der Waals surface area (Å²) >= 11 is 0. The fourth-order valence-electron chi connectivity index (χ4n) is 2.26. The van der Waals surface area contributed by atoms with Crippen LogP contribution in [-0.2, 0) is 4.79 Å². The van der Waals surface area contributed by atoms with E-state index in [1.54, 1.807) is 6.92 Å². The minimum atomic E-state index is -4.43. The van der Waals surface area contributed by atoms with Gasteiger partial charge in [-0.05, 0) is 25.3 Å². The van der Waals surface area contributed by atoms with Crippen LogP contribution in [0.5, 0.6) is 0 Å². The van der Waals surface area contributed by atoms with Crippen molar-refractivity contribution < 1.29 is 23.1 Å². The van der Waals surface area contributed by atoms with Crippen molar-refractivity contribution in [3.05, 3.63) is 23.8 Å². The first-order valence-electron chi connectivity index (χ1n) is 5.83. The van der Waals surface area contributed by atoms with Gasteiger partial charge in [-0.25, -0.2) is 9.97 Å². The number of carboxylic acids is 1. The summed E-state index contributed by atoms with van der Waals surface area (Å²) in [5.74, 6) is -2.53. The van der Waals surface area contributed by atoms with Crippen LogP contribution in [0.3, 0.4) is 0 Å². The number of aromatic nitrogens is 2. The smallest absolute Gasteiger partial charge is 0.395 e. The van der Waals surface area contributed by atoms with Gasteiger partial charge in [-0.1, -0.05) is 0 Å². The van der Waals surface area contributed by atoms with Crippen LogP contribution in [0.15, 0.2) is 12.4 Å². The second-order valence-corrected chi connectivity index (χ2v) is 4.92. The number of aryl methyl sites for hydroxylation is 1. The van der Waals surface area contributed by atoms with Crippen LogP contribution < -0.4 is 0 Å². The van der Waals surface area contributed by atoms with Crippen molar-refractivity contribution in [2.45, 2.75) is 38.3 Å². The maximum atomic E-state index is 13.1. The molecule has 1 fully saturated rings. The Labute approximate surface area is 107 Å². The largest absolute Gasteiger partial charge is 0.481 e. The molecule has 1 N–H and O–H groups in total. The lowest BCUT2D eigenvalue weighted by molar-refractivity contribution is -0.196. The van der Waals surface area contributed by atoms with Crippen LogP contribution in [0.2, 0.25) is 0 Å². The van der Waals surface area contributed by atoms with Crippen LogP contribution in [-0.4, -0.2) is 27.2 Å². The molecule has 1 aliphatic rings. The number of nitrogens with zero attached hydrogens (tertiary/aromatic N) is 2. The third kappa shape index (κ3) is 2.54. The number of carbonyl (C=O) groups is 1. The summed E-state index contributed by atoms with van der Waals surface area (Å²) in [6, 6.07) is 0. The second kappa shape index (κ2) is 4.47. The lowest BCUT2D eigenvalue weighted by Gasteiger charge is -2.26. The Hall–Kier alpha value is -1.66. The van der Waals surface area contributed by atoms with Gasteiger partial charge in [-0.2, -0.15) is 13.2 Å². The summed E-state index contributed by atoms with van der Waals surface area (Å²) in [5.41, 5.74) is -1.25. The van der Waals surface area contributed by atoms with Gasteiger partial charge in [-0.3, -0.25) is 4.79 Å². The SMILES string of the molecule is Cc1cnc([C@@H](CC(=O)O)C2(C(F)(F)F)CC2)nc1. The number of rotatable bonds is 4. The average molecular weight is 274 g/mol. The Morgan fingerprint density at radius 3 is 2.32 bits per heavy atom. The lowest BCUT2D eigenvalue weighted by Crippen LogP contribution is -2.33. The summed E-state index contributed by atoms with van der Waals surface area (Å²) in [6.07, 6.45) is -2.35. The Morgan fingerprint density at radius 1 is 1.42 bits per heavy atom. The topological polar surface area (TPSA) is 63.1 Å². The Bertz CT molecular complexity index is 481. The van der Waals surface area contributed by atoms with E-state index in [-0.39, 0.29) is 18.7 Å². The highest BCUT2D eigenvalue weighted by Gasteiger charge is 2.68. The number of halogens is 3. The molecule has 0 aliphatic heterocycles. The molecule has 0 unspecified atom stereocenters.